The van der Waals surface area contributed by atoms with Crippen LogP contribution in [-0.4, -0.2) is 15.0 Å². The predicted octanol–water partition coefficient (Wildman–Crippen LogP) is 13.1. The number of para-hydroxylation sites is 2. The molecule has 0 amide bonds. The van der Waals surface area contributed by atoms with Gasteiger partial charge in [0.25, 0.3) is 0 Å². The van der Waals surface area contributed by atoms with Crippen LogP contribution >= 0.6 is 0 Å². The molecule has 0 fully saturated rings. The maximum atomic E-state index is 6.87. The van der Waals surface area contributed by atoms with E-state index in [1.165, 1.54) is 0 Å². The second kappa shape index (κ2) is 13.3. The Kier molecular flexibility index (Phi) is 7.73. The first-order valence-electron chi connectivity index (χ1n) is 18.0. The number of rotatable bonds is 7. The van der Waals surface area contributed by atoms with Gasteiger partial charge in [0.1, 0.15) is 11.2 Å². The Morgan fingerprint density at radius 3 is 1.46 bits per heavy atom. The Morgan fingerprint density at radius 1 is 0.333 bits per heavy atom. The molecular weight excluding hydrogens is 661 g/mol. The Morgan fingerprint density at radius 2 is 0.852 bits per heavy atom. The van der Waals surface area contributed by atoms with Gasteiger partial charge >= 0.3 is 0 Å². The van der Waals surface area contributed by atoms with Crippen molar-refractivity contribution < 1.29 is 4.42 Å². The average molecular weight is 693 g/mol. The monoisotopic (exact) mass is 692 g/mol. The molecule has 54 heavy (non-hydrogen) atoms. The van der Waals surface area contributed by atoms with E-state index in [2.05, 4.69) is 126 Å². The second-order valence-corrected chi connectivity index (χ2v) is 13.3. The van der Waals surface area contributed by atoms with Gasteiger partial charge in [-0.1, -0.05) is 140 Å². The van der Waals surface area contributed by atoms with E-state index < -0.39 is 0 Å². The fourth-order valence-corrected chi connectivity index (χ4v) is 7.27. The van der Waals surface area contributed by atoms with E-state index in [4.69, 9.17) is 19.4 Å². The standard InChI is InChI=1S/C49H32N4O/c1-5-16-35(17-6-1)47-50-48(36-18-7-2-8-19-36)52-49(51-47)44-32-37(31-43-42-30-27-34-15-13-14-24-41(34)45(42)54-46(43)44)33-25-28-40(29-26-33)53(38-20-9-3-10-21-38)39-22-11-4-12-23-39/h1-32H. The number of furan rings is 1. The fourth-order valence-electron chi connectivity index (χ4n) is 7.27. The van der Waals surface area contributed by atoms with Gasteiger partial charge in [0, 0.05) is 44.3 Å². The van der Waals surface area contributed by atoms with E-state index >= 15 is 0 Å². The van der Waals surface area contributed by atoms with E-state index in [0.29, 0.717) is 17.5 Å². The normalized spacial score (nSPS) is 11.3. The molecular formula is C49H32N4O. The van der Waals surface area contributed by atoms with Crippen LogP contribution in [-0.2, 0) is 0 Å². The van der Waals surface area contributed by atoms with Crippen LogP contribution < -0.4 is 4.90 Å². The van der Waals surface area contributed by atoms with E-state index in [0.717, 1.165) is 77.6 Å². The summed E-state index contributed by atoms with van der Waals surface area (Å²) in [6.07, 6.45) is 0. The van der Waals surface area contributed by atoms with Gasteiger partial charge in [0.2, 0.25) is 0 Å². The van der Waals surface area contributed by atoms with Crippen LogP contribution in [0.2, 0.25) is 0 Å². The predicted molar refractivity (Wildman–Crippen MR) is 221 cm³/mol. The average Bonchev–Trinajstić information content (AvgIpc) is 3.64. The smallest absolute Gasteiger partial charge is 0.167 e. The van der Waals surface area contributed by atoms with E-state index in [1.54, 1.807) is 0 Å². The lowest BCUT2D eigenvalue weighted by Gasteiger charge is -2.25. The van der Waals surface area contributed by atoms with E-state index in [-0.39, 0.29) is 0 Å². The van der Waals surface area contributed by atoms with Gasteiger partial charge in [-0.25, -0.2) is 15.0 Å². The van der Waals surface area contributed by atoms with Crippen molar-refractivity contribution in [1.82, 2.24) is 15.0 Å². The largest absolute Gasteiger partial charge is 0.455 e. The molecule has 0 spiro atoms. The van der Waals surface area contributed by atoms with Crippen molar-refractivity contribution in [2.75, 3.05) is 4.90 Å². The number of benzene rings is 8. The van der Waals surface area contributed by atoms with Crippen LogP contribution in [0.25, 0.3) is 78.0 Å². The van der Waals surface area contributed by atoms with E-state index in [1.807, 2.05) is 72.8 Å². The van der Waals surface area contributed by atoms with Crippen LogP contribution in [0.3, 0.4) is 0 Å². The zero-order valence-electron chi connectivity index (χ0n) is 29.2. The Hall–Kier alpha value is -7.37. The lowest BCUT2D eigenvalue weighted by atomic mass is 9.97. The van der Waals surface area contributed by atoms with Gasteiger partial charge < -0.3 is 9.32 Å². The van der Waals surface area contributed by atoms with Crippen molar-refractivity contribution in [2.24, 2.45) is 0 Å². The maximum absolute atomic E-state index is 6.87. The van der Waals surface area contributed by atoms with E-state index in [9.17, 15) is 0 Å². The summed E-state index contributed by atoms with van der Waals surface area (Å²) in [6.45, 7) is 0. The van der Waals surface area contributed by atoms with Gasteiger partial charge in [-0.3, -0.25) is 0 Å². The third kappa shape index (κ3) is 5.65. The maximum Gasteiger partial charge on any atom is 0.167 e. The molecule has 0 saturated carbocycles. The highest BCUT2D eigenvalue weighted by atomic mass is 16.3. The Bertz CT molecular complexity index is 2810. The first kappa shape index (κ1) is 31.4. The molecule has 5 nitrogen and oxygen atoms in total. The number of anilines is 3. The summed E-state index contributed by atoms with van der Waals surface area (Å²) in [5.74, 6) is 1.76. The second-order valence-electron chi connectivity index (χ2n) is 13.3. The van der Waals surface area contributed by atoms with Crippen LogP contribution in [0.15, 0.2) is 199 Å². The molecule has 0 aliphatic rings. The summed E-state index contributed by atoms with van der Waals surface area (Å²) >= 11 is 0. The molecule has 0 saturated heterocycles. The van der Waals surface area contributed by atoms with Gasteiger partial charge in [0.15, 0.2) is 17.5 Å². The number of hydrogen-bond acceptors (Lipinski definition) is 5. The molecule has 5 heteroatoms. The molecule has 10 rings (SSSR count). The molecule has 0 radical (unpaired) electrons. The summed E-state index contributed by atoms with van der Waals surface area (Å²) in [4.78, 5) is 17.5. The molecule has 8 aromatic carbocycles. The van der Waals surface area contributed by atoms with Gasteiger partial charge in [0.05, 0.1) is 5.56 Å². The lowest BCUT2D eigenvalue weighted by molar-refractivity contribution is 0.673. The summed E-state index contributed by atoms with van der Waals surface area (Å²) < 4.78 is 6.87. The lowest BCUT2D eigenvalue weighted by Crippen LogP contribution is -2.09. The molecule has 0 bridgehead atoms. The topological polar surface area (TPSA) is 55.1 Å². The summed E-state index contributed by atoms with van der Waals surface area (Å²) in [5, 5.41) is 4.24. The van der Waals surface area contributed by atoms with Gasteiger partial charge in [-0.2, -0.15) is 0 Å². The molecule has 0 unspecified atom stereocenters. The number of nitrogens with zero attached hydrogens (tertiary/aromatic N) is 4. The van der Waals surface area contributed by atoms with Crippen molar-refractivity contribution in [2.45, 2.75) is 0 Å². The van der Waals surface area contributed by atoms with Crippen LogP contribution in [0, 0.1) is 0 Å². The summed E-state index contributed by atoms with van der Waals surface area (Å²) in [5.41, 5.74) is 9.58. The van der Waals surface area contributed by atoms with Crippen molar-refractivity contribution in [3.63, 3.8) is 0 Å². The molecule has 2 aromatic heterocycles. The Labute approximate surface area is 312 Å². The van der Waals surface area contributed by atoms with Crippen LogP contribution in [0.1, 0.15) is 0 Å². The highest BCUT2D eigenvalue weighted by molar-refractivity contribution is 6.18. The zero-order valence-corrected chi connectivity index (χ0v) is 29.2. The van der Waals surface area contributed by atoms with Crippen LogP contribution in [0.4, 0.5) is 17.1 Å². The summed E-state index contributed by atoms with van der Waals surface area (Å²) in [7, 11) is 0. The van der Waals surface area contributed by atoms with Gasteiger partial charge in [-0.15, -0.1) is 0 Å². The number of fused-ring (bicyclic) bond motifs is 5. The Balaban J connectivity index is 1.19. The highest BCUT2D eigenvalue weighted by Gasteiger charge is 2.21. The minimum Gasteiger partial charge on any atom is -0.455 e. The molecule has 2 heterocycles. The quantitative estimate of drug-likeness (QED) is 0.166. The first-order chi connectivity index (χ1) is 26.8. The molecule has 0 atom stereocenters. The molecule has 254 valence electrons. The zero-order chi connectivity index (χ0) is 35.8. The molecule has 0 N–H and O–H groups in total. The van der Waals surface area contributed by atoms with Crippen molar-refractivity contribution in [3.05, 3.63) is 194 Å². The molecule has 0 aliphatic heterocycles. The van der Waals surface area contributed by atoms with Crippen molar-refractivity contribution in [3.8, 4) is 45.3 Å². The summed E-state index contributed by atoms with van der Waals surface area (Å²) in [6, 6.07) is 66.9. The van der Waals surface area contributed by atoms with Crippen molar-refractivity contribution in [1.29, 1.82) is 0 Å². The molecule has 0 aliphatic carbocycles. The first-order valence-corrected chi connectivity index (χ1v) is 18.0. The fraction of sp³-hybridized carbons (Fsp3) is 0. The minimum atomic E-state index is 0.550. The van der Waals surface area contributed by atoms with Gasteiger partial charge in [-0.05, 0) is 71.1 Å². The third-order valence-electron chi connectivity index (χ3n) is 9.89. The SMILES string of the molecule is c1ccc(-c2nc(-c3ccccc3)nc(-c3cc(-c4ccc(N(c5ccccc5)c5ccccc5)cc4)cc4c3oc3c5ccccc5ccc43)n2)cc1. The number of aromatic nitrogens is 3. The van der Waals surface area contributed by atoms with Crippen molar-refractivity contribution >= 4 is 49.8 Å². The number of hydrogen-bond donors (Lipinski definition) is 0. The third-order valence-corrected chi connectivity index (χ3v) is 9.89. The minimum absolute atomic E-state index is 0.550. The highest BCUT2D eigenvalue weighted by Crippen LogP contribution is 2.42. The molecule has 10 aromatic rings. The van der Waals surface area contributed by atoms with Crippen LogP contribution in [0.5, 0.6) is 0 Å².